The molecule has 0 aliphatic rings. The number of fused-ring (bicyclic) bond motifs is 1. The van der Waals surface area contributed by atoms with Crippen molar-refractivity contribution < 1.29 is 17.9 Å². The van der Waals surface area contributed by atoms with E-state index < -0.39 is 10.0 Å². The zero-order chi connectivity index (χ0) is 19.3. The Morgan fingerprint density at radius 2 is 1.85 bits per heavy atom. The van der Waals surface area contributed by atoms with Gasteiger partial charge in [0, 0.05) is 13.2 Å². The van der Waals surface area contributed by atoms with E-state index in [4.69, 9.17) is 9.47 Å². The minimum Gasteiger partial charge on any atom is -0.494 e. The Hall–Kier alpha value is -2.16. The molecule has 8 heteroatoms. The fourth-order valence-corrected chi connectivity index (χ4v) is 4.95. The molecule has 1 heterocycles. The van der Waals surface area contributed by atoms with Gasteiger partial charge in [0.15, 0.2) is 0 Å². The molecule has 0 atom stereocenters. The maximum absolute atomic E-state index is 12.7. The molecule has 0 amide bonds. The highest BCUT2D eigenvalue weighted by Crippen LogP contribution is 2.24. The zero-order valence-corrected chi connectivity index (χ0v) is 16.9. The molecule has 0 saturated heterocycles. The first kappa shape index (κ1) is 19.6. The van der Waals surface area contributed by atoms with Crippen molar-refractivity contribution in [2.24, 2.45) is 4.40 Å². The molecule has 1 aromatic heterocycles. The molecule has 0 N–H and O–H groups in total. The molecule has 0 spiro atoms. The van der Waals surface area contributed by atoms with E-state index in [0.29, 0.717) is 31.2 Å². The topological polar surface area (TPSA) is 69.9 Å². The van der Waals surface area contributed by atoms with Crippen LogP contribution in [0.4, 0.5) is 0 Å². The molecule has 0 radical (unpaired) electrons. The lowest BCUT2D eigenvalue weighted by Gasteiger charge is -2.07. The van der Waals surface area contributed by atoms with Gasteiger partial charge in [-0.05, 0) is 44.2 Å². The molecular weight excluding hydrogens is 384 g/mol. The minimum atomic E-state index is -3.79. The van der Waals surface area contributed by atoms with Crippen molar-refractivity contribution >= 4 is 31.6 Å². The van der Waals surface area contributed by atoms with Crippen molar-refractivity contribution in [2.75, 3.05) is 19.8 Å². The van der Waals surface area contributed by atoms with Crippen molar-refractivity contribution in [1.29, 1.82) is 0 Å². The molecule has 0 unspecified atom stereocenters. The number of hydrogen-bond acceptors (Lipinski definition) is 5. The lowest BCUT2D eigenvalue weighted by Crippen LogP contribution is -2.19. The lowest BCUT2D eigenvalue weighted by atomic mass is 10.3. The summed E-state index contributed by atoms with van der Waals surface area (Å²) in [5, 5.41) is 0. The summed E-state index contributed by atoms with van der Waals surface area (Å²) in [5.74, 6) is 0.751. The summed E-state index contributed by atoms with van der Waals surface area (Å²) >= 11 is 1.33. The van der Waals surface area contributed by atoms with E-state index in [-0.39, 0.29) is 4.90 Å². The number of sulfonamides is 1. The number of aromatic nitrogens is 1. The Balaban J connectivity index is 2.13. The van der Waals surface area contributed by atoms with Crippen molar-refractivity contribution in [3.8, 4) is 5.75 Å². The first-order valence-electron chi connectivity index (χ1n) is 8.75. The SMILES string of the molecule is CCOCCn1/c(=N/S(=O)(=O)c2ccccc2)sc2cc(OCC)ccc21. The predicted molar refractivity (Wildman–Crippen MR) is 107 cm³/mol. The van der Waals surface area contributed by atoms with Crippen LogP contribution < -0.4 is 9.54 Å². The fraction of sp³-hybridized carbons (Fsp3) is 0.316. The first-order chi connectivity index (χ1) is 13.0. The molecular formula is C19H22N2O4S2. The van der Waals surface area contributed by atoms with E-state index in [1.807, 2.05) is 36.6 Å². The third-order valence-electron chi connectivity index (χ3n) is 3.87. The molecule has 27 heavy (non-hydrogen) atoms. The molecule has 0 bridgehead atoms. The molecule has 0 saturated carbocycles. The summed E-state index contributed by atoms with van der Waals surface area (Å²) in [5.41, 5.74) is 0.908. The van der Waals surface area contributed by atoms with E-state index in [1.54, 1.807) is 30.3 Å². The molecule has 144 valence electrons. The van der Waals surface area contributed by atoms with Gasteiger partial charge >= 0.3 is 0 Å². The van der Waals surface area contributed by atoms with Gasteiger partial charge in [-0.1, -0.05) is 29.5 Å². The van der Waals surface area contributed by atoms with Gasteiger partial charge in [0.1, 0.15) is 5.75 Å². The van der Waals surface area contributed by atoms with Crippen molar-refractivity contribution in [1.82, 2.24) is 4.57 Å². The van der Waals surface area contributed by atoms with Gasteiger partial charge in [-0.2, -0.15) is 8.42 Å². The van der Waals surface area contributed by atoms with Crippen LogP contribution in [-0.4, -0.2) is 32.8 Å². The first-order valence-corrected chi connectivity index (χ1v) is 11.0. The van der Waals surface area contributed by atoms with E-state index in [9.17, 15) is 8.42 Å². The van der Waals surface area contributed by atoms with Crippen molar-refractivity contribution in [3.63, 3.8) is 0 Å². The second-order valence-electron chi connectivity index (χ2n) is 5.68. The van der Waals surface area contributed by atoms with Crippen LogP contribution in [0, 0.1) is 0 Å². The van der Waals surface area contributed by atoms with Gasteiger partial charge < -0.3 is 14.0 Å². The van der Waals surface area contributed by atoms with Crippen LogP contribution in [0.15, 0.2) is 57.8 Å². The van der Waals surface area contributed by atoms with Gasteiger partial charge in [-0.3, -0.25) is 0 Å². The summed E-state index contributed by atoms with van der Waals surface area (Å²) in [6.45, 7) is 6.02. The number of nitrogens with zero attached hydrogens (tertiary/aromatic N) is 2. The van der Waals surface area contributed by atoms with Gasteiger partial charge in [-0.15, -0.1) is 4.40 Å². The Morgan fingerprint density at radius 1 is 1.07 bits per heavy atom. The monoisotopic (exact) mass is 406 g/mol. The smallest absolute Gasteiger partial charge is 0.285 e. The standard InChI is InChI=1S/C19H22N2O4S2/c1-3-24-13-12-21-17-11-10-15(25-4-2)14-18(17)26-19(21)20-27(22,23)16-8-6-5-7-9-16/h5-11,14H,3-4,12-13H2,1-2H3/b20-19-. The quantitative estimate of drug-likeness (QED) is 0.538. The van der Waals surface area contributed by atoms with E-state index in [0.717, 1.165) is 16.0 Å². The second kappa shape index (κ2) is 8.69. The van der Waals surface area contributed by atoms with Crippen LogP contribution in [0.25, 0.3) is 10.2 Å². The van der Waals surface area contributed by atoms with Crippen molar-refractivity contribution in [3.05, 3.63) is 53.3 Å². The highest BCUT2D eigenvalue weighted by Gasteiger charge is 2.14. The predicted octanol–water partition coefficient (Wildman–Crippen LogP) is 3.43. The summed E-state index contributed by atoms with van der Waals surface area (Å²) in [7, 11) is -3.79. The second-order valence-corrected chi connectivity index (χ2v) is 8.29. The van der Waals surface area contributed by atoms with Gasteiger partial charge in [-0.25, -0.2) is 0 Å². The molecule has 3 aromatic rings. The Kier molecular flexibility index (Phi) is 6.30. The number of hydrogen-bond donors (Lipinski definition) is 0. The normalized spacial score (nSPS) is 12.6. The maximum atomic E-state index is 12.7. The van der Waals surface area contributed by atoms with Crippen LogP contribution in [0.5, 0.6) is 5.75 Å². The Bertz CT molecular complexity index is 1070. The summed E-state index contributed by atoms with van der Waals surface area (Å²) < 4.78 is 43.3. The number of benzene rings is 2. The third-order valence-corrected chi connectivity index (χ3v) is 6.31. The number of ether oxygens (including phenoxy) is 2. The number of rotatable bonds is 8. The molecule has 0 aliphatic heterocycles. The van der Waals surface area contributed by atoms with E-state index in [1.165, 1.54) is 11.3 Å². The highest BCUT2D eigenvalue weighted by atomic mass is 32.2. The largest absolute Gasteiger partial charge is 0.494 e. The lowest BCUT2D eigenvalue weighted by molar-refractivity contribution is 0.139. The minimum absolute atomic E-state index is 0.175. The summed E-state index contributed by atoms with van der Waals surface area (Å²) in [6, 6.07) is 14.0. The maximum Gasteiger partial charge on any atom is 0.285 e. The van der Waals surface area contributed by atoms with Crippen LogP contribution >= 0.6 is 11.3 Å². The third kappa shape index (κ3) is 4.58. The van der Waals surface area contributed by atoms with Gasteiger partial charge in [0.25, 0.3) is 10.0 Å². The van der Waals surface area contributed by atoms with Crippen LogP contribution in [0.1, 0.15) is 13.8 Å². The van der Waals surface area contributed by atoms with Gasteiger partial charge in [0.05, 0.1) is 28.3 Å². The Morgan fingerprint density at radius 3 is 2.56 bits per heavy atom. The van der Waals surface area contributed by atoms with E-state index in [2.05, 4.69) is 4.40 Å². The molecule has 0 fully saturated rings. The molecule has 6 nitrogen and oxygen atoms in total. The molecule has 2 aromatic carbocycles. The summed E-state index contributed by atoms with van der Waals surface area (Å²) in [4.78, 5) is 0.594. The highest BCUT2D eigenvalue weighted by molar-refractivity contribution is 7.90. The van der Waals surface area contributed by atoms with E-state index >= 15 is 0 Å². The fourth-order valence-electron chi connectivity index (χ4n) is 2.64. The van der Waals surface area contributed by atoms with Crippen LogP contribution in [0.2, 0.25) is 0 Å². The van der Waals surface area contributed by atoms with Gasteiger partial charge in [0.2, 0.25) is 4.80 Å². The van der Waals surface area contributed by atoms with Crippen LogP contribution in [-0.2, 0) is 21.3 Å². The average Bonchev–Trinajstić information content (AvgIpc) is 2.99. The zero-order valence-electron chi connectivity index (χ0n) is 15.3. The molecule has 0 aliphatic carbocycles. The number of thiazole rings is 1. The van der Waals surface area contributed by atoms with Crippen molar-refractivity contribution in [2.45, 2.75) is 25.3 Å². The average molecular weight is 407 g/mol. The molecule has 3 rings (SSSR count). The summed E-state index contributed by atoms with van der Waals surface area (Å²) in [6.07, 6.45) is 0. The Labute approximate surface area is 162 Å². The van der Waals surface area contributed by atoms with Crippen LogP contribution in [0.3, 0.4) is 0 Å².